The summed E-state index contributed by atoms with van der Waals surface area (Å²) in [7, 11) is 1.81. The molecule has 0 radical (unpaired) electrons. The van der Waals surface area contributed by atoms with Crippen molar-refractivity contribution in [1.82, 2.24) is 9.78 Å². The number of benzene rings is 1. The van der Waals surface area contributed by atoms with Crippen molar-refractivity contribution in [2.45, 2.75) is 12.6 Å². The molecule has 7 heteroatoms. The summed E-state index contributed by atoms with van der Waals surface area (Å²) >= 11 is 0. The van der Waals surface area contributed by atoms with Gasteiger partial charge in [-0.2, -0.15) is 23.5 Å². The molecule has 0 aliphatic rings. The second-order valence-corrected chi connectivity index (χ2v) is 4.49. The van der Waals surface area contributed by atoms with E-state index in [-0.39, 0.29) is 5.56 Å². The van der Waals surface area contributed by atoms with Crippen LogP contribution in [0.2, 0.25) is 0 Å². The molecule has 0 bridgehead atoms. The second kappa shape index (κ2) is 5.87. The molecule has 2 aromatic rings. The first-order chi connectivity index (χ1) is 9.91. The van der Waals surface area contributed by atoms with Gasteiger partial charge >= 0.3 is 6.18 Å². The zero-order valence-electron chi connectivity index (χ0n) is 11.3. The highest BCUT2D eigenvalue weighted by molar-refractivity contribution is 5.59. The van der Waals surface area contributed by atoms with Gasteiger partial charge < -0.3 is 5.32 Å². The molecule has 1 N–H and O–H groups in total. The van der Waals surface area contributed by atoms with Gasteiger partial charge in [0.15, 0.2) is 0 Å². The van der Waals surface area contributed by atoms with E-state index < -0.39 is 11.7 Å². The first kappa shape index (κ1) is 14.9. The van der Waals surface area contributed by atoms with E-state index in [1.165, 1.54) is 6.07 Å². The van der Waals surface area contributed by atoms with Crippen LogP contribution >= 0.6 is 0 Å². The zero-order valence-corrected chi connectivity index (χ0v) is 11.3. The molecule has 21 heavy (non-hydrogen) atoms. The minimum atomic E-state index is -4.45. The molecular formula is C14H13F3N4. The summed E-state index contributed by atoms with van der Waals surface area (Å²) in [6.45, 7) is 0.500. The largest absolute Gasteiger partial charge is 0.416 e. The Kier molecular flexibility index (Phi) is 4.17. The molecule has 0 saturated carbocycles. The minimum absolute atomic E-state index is 0.0187. The average Bonchev–Trinajstić information content (AvgIpc) is 2.83. The van der Waals surface area contributed by atoms with Gasteiger partial charge in [0.25, 0.3) is 0 Å². The van der Waals surface area contributed by atoms with Gasteiger partial charge in [0.1, 0.15) is 6.07 Å². The normalized spacial score (nSPS) is 11.2. The fraction of sp³-hybridized carbons (Fsp3) is 0.286. The van der Waals surface area contributed by atoms with Crippen molar-refractivity contribution in [2.75, 3.05) is 11.9 Å². The molecule has 110 valence electrons. The maximum atomic E-state index is 12.6. The predicted molar refractivity (Wildman–Crippen MR) is 71.6 cm³/mol. The Morgan fingerprint density at radius 3 is 2.67 bits per heavy atom. The second-order valence-electron chi connectivity index (χ2n) is 4.49. The van der Waals surface area contributed by atoms with Crippen molar-refractivity contribution >= 4 is 5.69 Å². The van der Waals surface area contributed by atoms with Gasteiger partial charge in [-0.15, -0.1) is 0 Å². The highest BCUT2D eigenvalue weighted by atomic mass is 19.4. The SMILES string of the molecule is Cn1nccc1CCNc1ccc(C(F)(F)F)cc1C#N. The van der Waals surface area contributed by atoms with Crippen molar-refractivity contribution in [3.05, 3.63) is 47.3 Å². The Bertz CT molecular complexity index is 668. The number of aryl methyl sites for hydroxylation is 1. The Morgan fingerprint density at radius 2 is 2.10 bits per heavy atom. The molecule has 0 aliphatic carbocycles. The molecule has 0 saturated heterocycles. The molecule has 0 spiro atoms. The van der Waals surface area contributed by atoms with E-state index in [4.69, 9.17) is 5.26 Å². The molecule has 0 amide bonds. The fourth-order valence-corrected chi connectivity index (χ4v) is 1.94. The number of nitriles is 1. The van der Waals surface area contributed by atoms with Gasteiger partial charge in [0, 0.05) is 31.9 Å². The van der Waals surface area contributed by atoms with Gasteiger partial charge in [0.05, 0.1) is 16.8 Å². The van der Waals surface area contributed by atoms with Crippen LogP contribution in [0.4, 0.5) is 18.9 Å². The van der Waals surface area contributed by atoms with Crippen LogP contribution in [0.1, 0.15) is 16.8 Å². The van der Waals surface area contributed by atoms with Crippen molar-refractivity contribution in [3.8, 4) is 6.07 Å². The first-order valence-electron chi connectivity index (χ1n) is 6.24. The van der Waals surface area contributed by atoms with Gasteiger partial charge in [-0.25, -0.2) is 0 Å². The standard InChI is InChI=1S/C14H13F3N4/c1-21-12(5-7-20-21)4-6-19-13-3-2-11(14(15,16)17)8-10(13)9-18/h2-3,5,7-8,19H,4,6H2,1H3. The summed E-state index contributed by atoms with van der Waals surface area (Å²) in [5.74, 6) is 0. The van der Waals surface area contributed by atoms with Crippen LogP contribution < -0.4 is 5.32 Å². The molecule has 4 nitrogen and oxygen atoms in total. The number of nitrogens with one attached hydrogen (secondary N) is 1. The van der Waals surface area contributed by atoms with E-state index in [1.807, 2.05) is 13.1 Å². The number of rotatable bonds is 4. The summed E-state index contributed by atoms with van der Waals surface area (Å²) in [4.78, 5) is 0. The quantitative estimate of drug-likeness (QED) is 0.943. The topological polar surface area (TPSA) is 53.6 Å². The van der Waals surface area contributed by atoms with Crippen LogP contribution in [-0.2, 0) is 19.6 Å². The molecule has 1 aromatic heterocycles. The Hall–Kier alpha value is -2.49. The van der Waals surface area contributed by atoms with Crippen LogP contribution in [0.3, 0.4) is 0 Å². The number of nitrogens with zero attached hydrogens (tertiary/aromatic N) is 3. The Labute approximate surface area is 119 Å². The van der Waals surface area contributed by atoms with Crippen LogP contribution in [-0.4, -0.2) is 16.3 Å². The van der Waals surface area contributed by atoms with E-state index in [9.17, 15) is 13.2 Å². The maximum absolute atomic E-state index is 12.6. The summed E-state index contributed by atoms with van der Waals surface area (Å²) in [6.07, 6.45) is -2.12. The average molecular weight is 294 g/mol. The Morgan fingerprint density at radius 1 is 1.33 bits per heavy atom. The molecule has 2 rings (SSSR count). The van der Waals surface area contributed by atoms with Crippen LogP contribution in [0.25, 0.3) is 0 Å². The van der Waals surface area contributed by atoms with Crippen molar-refractivity contribution in [3.63, 3.8) is 0 Å². The van der Waals surface area contributed by atoms with Crippen LogP contribution in [0.5, 0.6) is 0 Å². The third kappa shape index (κ3) is 3.54. The molecule has 0 aliphatic heterocycles. The van der Waals surface area contributed by atoms with Gasteiger partial charge in [0.2, 0.25) is 0 Å². The number of hydrogen-bond acceptors (Lipinski definition) is 3. The zero-order chi connectivity index (χ0) is 15.5. The van der Waals surface area contributed by atoms with E-state index in [1.54, 1.807) is 16.9 Å². The summed E-state index contributed by atoms with van der Waals surface area (Å²) < 4.78 is 39.5. The van der Waals surface area contributed by atoms with Crippen molar-refractivity contribution < 1.29 is 13.2 Å². The third-order valence-electron chi connectivity index (χ3n) is 3.09. The lowest BCUT2D eigenvalue weighted by molar-refractivity contribution is -0.137. The minimum Gasteiger partial charge on any atom is -0.384 e. The monoisotopic (exact) mass is 294 g/mol. The van der Waals surface area contributed by atoms with E-state index in [0.29, 0.717) is 18.7 Å². The highest BCUT2D eigenvalue weighted by Gasteiger charge is 2.31. The van der Waals surface area contributed by atoms with Gasteiger partial charge in [-0.3, -0.25) is 4.68 Å². The van der Waals surface area contributed by atoms with E-state index in [0.717, 1.165) is 17.8 Å². The van der Waals surface area contributed by atoms with E-state index >= 15 is 0 Å². The first-order valence-corrected chi connectivity index (χ1v) is 6.24. The maximum Gasteiger partial charge on any atom is 0.416 e. The number of halogens is 3. The summed E-state index contributed by atoms with van der Waals surface area (Å²) in [6, 6.07) is 6.75. The lowest BCUT2D eigenvalue weighted by Crippen LogP contribution is -2.10. The van der Waals surface area contributed by atoms with Gasteiger partial charge in [-0.1, -0.05) is 0 Å². The lowest BCUT2D eigenvalue weighted by atomic mass is 10.1. The summed E-state index contributed by atoms with van der Waals surface area (Å²) in [5, 5.41) is 16.0. The number of aromatic nitrogens is 2. The third-order valence-corrected chi connectivity index (χ3v) is 3.09. The molecule has 1 heterocycles. The van der Waals surface area contributed by atoms with Crippen LogP contribution in [0, 0.1) is 11.3 Å². The molecule has 0 atom stereocenters. The number of alkyl halides is 3. The molecular weight excluding hydrogens is 281 g/mol. The van der Waals surface area contributed by atoms with Gasteiger partial charge in [-0.05, 0) is 24.3 Å². The predicted octanol–water partition coefficient (Wildman–Crippen LogP) is 2.97. The molecule has 1 aromatic carbocycles. The van der Waals surface area contributed by atoms with Crippen LogP contribution in [0.15, 0.2) is 30.5 Å². The molecule has 0 fully saturated rings. The Balaban J connectivity index is 2.07. The number of hydrogen-bond donors (Lipinski definition) is 1. The molecule has 0 unspecified atom stereocenters. The lowest BCUT2D eigenvalue weighted by Gasteiger charge is -2.11. The fourth-order valence-electron chi connectivity index (χ4n) is 1.94. The number of anilines is 1. The van der Waals surface area contributed by atoms with Crippen molar-refractivity contribution in [2.24, 2.45) is 7.05 Å². The summed E-state index contributed by atoms with van der Waals surface area (Å²) in [5.41, 5.74) is 0.548. The smallest absolute Gasteiger partial charge is 0.384 e. The van der Waals surface area contributed by atoms with E-state index in [2.05, 4.69) is 10.4 Å². The van der Waals surface area contributed by atoms with Crippen molar-refractivity contribution in [1.29, 1.82) is 5.26 Å². The highest BCUT2D eigenvalue weighted by Crippen LogP contribution is 2.31.